The molecule has 170 valence electrons. The third-order valence-corrected chi connectivity index (χ3v) is 8.20. The topological polar surface area (TPSA) is 91.5 Å². The van der Waals surface area contributed by atoms with Gasteiger partial charge in [0.15, 0.2) is 5.16 Å². The van der Waals surface area contributed by atoms with E-state index in [1.165, 1.54) is 0 Å². The lowest BCUT2D eigenvalue weighted by molar-refractivity contribution is -0.135. The van der Waals surface area contributed by atoms with Crippen LogP contribution in [-0.2, 0) is 11.3 Å². The maximum absolute atomic E-state index is 13.4. The first-order valence-electron chi connectivity index (χ1n) is 10.8. The van der Waals surface area contributed by atoms with Crippen LogP contribution in [0, 0.1) is 11.3 Å². The van der Waals surface area contributed by atoms with E-state index in [0.29, 0.717) is 48.1 Å². The van der Waals surface area contributed by atoms with Gasteiger partial charge in [0.05, 0.1) is 17.8 Å². The fourth-order valence-electron chi connectivity index (χ4n) is 4.59. The van der Waals surface area contributed by atoms with Gasteiger partial charge >= 0.3 is 0 Å². The second kappa shape index (κ2) is 8.18. The zero-order chi connectivity index (χ0) is 23.4. The summed E-state index contributed by atoms with van der Waals surface area (Å²) in [4.78, 5) is 34.2. The monoisotopic (exact) mass is 535 g/mol. The van der Waals surface area contributed by atoms with E-state index in [-0.39, 0.29) is 24.4 Å². The lowest BCUT2D eigenvalue weighted by Crippen LogP contribution is -2.52. The number of amides is 2. The fraction of sp³-hybridized carbons (Fsp3) is 0.250. The molecule has 10 heteroatoms. The molecule has 0 radical (unpaired) electrons. The van der Waals surface area contributed by atoms with E-state index in [4.69, 9.17) is 4.74 Å². The number of piperazine rings is 1. The summed E-state index contributed by atoms with van der Waals surface area (Å²) in [6.45, 7) is 1.33. The molecule has 4 aliphatic rings. The number of nitriles is 1. The van der Waals surface area contributed by atoms with Gasteiger partial charge in [-0.2, -0.15) is 5.26 Å². The molecule has 2 amide bonds. The number of carbonyl (C=O) groups excluding carboxylic acids is 2. The number of benzene rings is 2. The Hall–Kier alpha value is -3.29. The summed E-state index contributed by atoms with van der Waals surface area (Å²) in [5.41, 5.74) is 2.71. The second-order valence-electron chi connectivity index (χ2n) is 8.39. The SMILES string of the molecule is N#Cc1ccc2cc1Oc1ccc(Br)c(c1)CN1CCN(CC1=O)C(=O)c1cnc3n1C2CS3. The van der Waals surface area contributed by atoms with Crippen LogP contribution in [-0.4, -0.2) is 56.6 Å². The Kier molecular flexibility index (Phi) is 5.12. The molecule has 34 heavy (non-hydrogen) atoms. The van der Waals surface area contributed by atoms with Crippen LogP contribution in [0.25, 0.3) is 0 Å². The Morgan fingerprint density at radius 1 is 1.12 bits per heavy atom. The molecular weight excluding hydrogens is 518 g/mol. The zero-order valence-corrected chi connectivity index (χ0v) is 20.3. The molecule has 2 aromatic carbocycles. The maximum atomic E-state index is 13.4. The van der Waals surface area contributed by atoms with Crippen LogP contribution in [0.15, 0.2) is 52.2 Å². The van der Waals surface area contributed by atoms with E-state index >= 15 is 0 Å². The molecule has 6 bridgehead atoms. The number of hydrogen-bond acceptors (Lipinski definition) is 6. The first kappa shape index (κ1) is 21.3. The van der Waals surface area contributed by atoms with Gasteiger partial charge < -0.3 is 19.1 Å². The lowest BCUT2D eigenvalue weighted by Gasteiger charge is -2.35. The maximum Gasteiger partial charge on any atom is 0.272 e. The van der Waals surface area contributed by atoms with Gasteiger partial charge in [-0.05, 0) is 41.5 Å². The first-order chi connectivity index (χ1) is 16.5. The molecule has 0 N–H and O–H groups in total. The molecule has 5 heterocycles. The number of nitrogens with zero attached hydrogens (tertiary/aromatic N) is 5. The number of carbonyl (C=O) groups is 2. The van der Waals surface area contributed by atoms with E-state index in [9.17, 15) is 14.9 Å². The molecule has 1 atom stereocenters. The largest absolute Gasteiger partial charge is 0.456 e. The second-order valence-corrected chi connectivity index (χ2v) is 10.2. The normalized spacial score (nSPS) is 19.1. The standard InChI is InChI=1S/C24H18BrN5O3S/c25-18-4-3-17-7-16(18)11-28-5-6-29(12-22(28)31)23(32)19-10-27-24-30(19)20(13-34-24)14-1-2-15(9-26)21(8-14)33-17/h1-4,7-8,10,20H,5-6,11-13H2. The van der Waals surface area contributed by atoms with Crippen molar-refractivity contribution in [2.45, 2.75) is 17.7 Å². The molecule has 1 fully saturated rings. The first-order valence-corrected chi connectivity index (χ1v) is 12.6. The van der Waals surface area contributed by atoms with Crippen LogP contribution in [0.2, 0.25) is 0 Å². The number of halogens is 1. The van der Waals surface area contributed by atoms with Crippen molar-refractivity contribution in [3.8, 4) is 17.6 Å². The van der Waals surface area contributed by atoms with E-state index in [1.807, 2.05) is 34.9 Å². The van der Waals surface area contributed by atoms with Gasteiger partial charge in [-0.3, -0.25) is 9.59 Å². The van der Waals surface area contributed by atoms with Crippen molar-refractivity contribution in [1.82, 2.24) is 19.4 Å². The third kappa shape index (κ3) is 3.47. The summed E-state index contributed by atoms with van der Waals surface area (Å²) in [7, 11) is 0. The molecule has 4 aliphatic heterocycles. The van der Waals surface area contributed by atoms with Gasteiger partial charge in [0.2, 0.25) is 5.91 Å². The van der Waals surface area contributed by atoms with Crippen LogP contribution in [0.1, 0.15) is 33.2 Å². The van der Waals surface area contributed by atoms with Crippen LogP contribution in [0.4, 0.5) is 0 Å². The fourth-order valence-corrected chi connectivity index (χ4v) is 6.10. The average Bonchev–Trinajstić information content (AvgIpc) is 3.44. The van der Waals surface area contributed by atoms with Crippen molar-refractivity contribution >= 4 is 39.5 Å². The smallest absolute Gasteiger partial charge is 0.272 e. The molecule has 8 nitrogen and oxygen atoms in total. The number of thioether (sulfide) groups is 1. The minimum Gasteiger partial charge on any atom is -0.456 e. The summed E-state index contributed by atoms with van der Waals surface area (Å²) in [6, 6.07) is 13.2. The Labute approximate surface area is 208 Å². The van der Waals surface area contributed by atoms with Crippen LogP contribution >= 0.6 is 27.7 Å². The number of aromatic nitrogens is 2. The van der Waals surface area contributed by atoms with E-state index in [0.717, 1.165) is 20.8 Å². The molecule has 1 unspecified atom stereocenters. The summed E-state index contributed by atoms with van der Waals surface area (Å²) in [5.74, 6) is 1.45. The minimum absolute atomic E-state index is 0.0337. The van der Waals surface area contributed by atoms with Gasteiger partial charge in [-0.15, -0.1) is 0 Å². The van der Waals surface area contributed by atoms with Gasteiger partial charge in [0, 0.05) is 29.9 Å². The van der Waals surface area contributed by atoms with Crippen LogP contribution < -0.4 is 4.74 Å². The lowest BCUT2D eigenvalue weighted by atomic mass is 10.0. The molecule has 0 aliphatic carbocycles. The highest BCUT2D eigenvalue weighted by Crippen LogP contribution is 2.40. The molecule has 3 aromatic rings. The average molecular weight is 536 g/mol. The molecule has 0 saturated carbocycles. The van der Waals surface area contributed by atoms with Crippen molar-refractivity contribution in [1.29, 1.82) is 5.26 Å². The number of rotatable bonds is 0. The molecule has 7 rings (SSSR count). The predicted octanol–water partition coefficient (Wildman–Crippen LogP) is 3.80. The summed E-state index contributed by atoms with van der Waals surface area (Å²) >= 11 is 5.15. The summed E-state index contributed by atoms with van der Waals surface area (Å²) in [5, 5.41) is 10.4. The van der Waals surface area contributed by atoms with Crippen LogP contribution in [0.5, 0.6) is 11.5 Å². The number of hydrogen-bond donors (Lipinski definition) is 0. The van der Waals surface area contributed by atoms with Crippen molar-refractivity contribution in [2.75, 3.05) is 25.4 Å². The minimum atomic E-state index is -0.195. The summed E-state index contributed by atoms with van der Waals surface area (Å²) in [6.07, 6.45) is 1.60. The molecule has 1 saturated heterocycles. The van der Waals surface area contributed by atoms with Gasteiger partial charge in [0.25, 0.3) is 5.91 Å². The molecule has 1 aromatic heterocycles. The molecule has 0 spiro atoms. The van der Waals surface area contributed by atoms with Gasteiger partial charge in [-0.25, -0.2) is 4.98 Å². The Bertz CT molecular complexity index is 1400. The van der Waals surface area contributed by atoms with Crippen molar-refractivity contribution in [3.05, 3.63) is 69.5 Å². The third-order valence-electron chi connectivity index (χ3n) is 6.39. The predicted molar refractivity (Wildman–Crippen MR) is 128 cm³/mol. The van der Waals surface area contributed by atoms with Gasteiger partial charge in [0.1, 0.15) is 29.8 Å². The highest BCUT2D eigenvalue weighted by molar-refractivity contribution is 9.10. The Morgan fingerprint density at radius 2 is 1.97 bits per heavy atom. The van der Waals surface area contributed by atoms with Gasteiger partial charge in [-0.1, -0.05) is 33.8 Å². The van der Waals surface area contributed by atoms with Crippen molar-refractivity contribution in [3.63, 3.8) is 0 Å². The van der Waals surface area contributed by atoms with E-state index < -0.39 is 0 Å². The van der Waals surface area contributed by atoms with Crippen molar-refractivity contribution in [2.24, 2.45) is 0 Å². The Balaban J connectivity index is 1.52. The number of fused-ring (bicyclic) bond motifs is 2. The summed E-state index contributed by atoms with van der Waals surface area (Å²) < 4.78 is 8.99. The van der Waals surface area contributed by atoms with E-state index in [1.54, 1.807) is 33.8 Å². The quantitative estimate of drug-likeness (QED) is 0.434. The van der Waals surface area contributed by atoms with Crippen LogP contribution in [0.3, 0.4) is 0 Å². The highest BCUT2D eigenvalue weighted by Gasteiger charge is 2.35. The Morgan fingerprint density at radius 3 is 2.79 bits per heavy atom. The van der Waals surface area contributed by atoms with Crippen molar-refractivity contribution < 1.29 is 14.3 Å². The number of ether oxygens (including phenoxy) is 1. The number of imidazole rings is 1. The molecular formula is C24H18BrN5O3S. The van der Waals surface area contributed by atoms with E-state index in [2.05, 4.69) is 27.0 Å². The zero-order valence-electron chi connectivity index (χ0n) is 17.9. The highest BCUT2D eigenvalue weighted by atomic mass is 79.9.